The van der Waals surface area contributed by atoms with Gasteiger partial charge in [-0.2, -0.15) is 18.2 Å². The van der Waals surface area contributed by atoms with Gasteiger partial charge in [0.1, 0.15) is 5.69 Å². The van der Waals surface area contributed by atoms with E-state index in [1.807, 2.05) is 0 Å². The van der Waals surface area contributed by atoms with E-state index in [1.165, 1.54) is 22.9 Å². The second-order valence-corrected chi connectivity index (χ2v) is 7.35. The highest BCUT2D eigenvalue weighted by Gasteiger charge is 2.54. The Morgan fingerprint density at radius 1 is 1.21 bits per heavy atom. The lowest BCUT2D eigenvalue weighted by Crippen LogP contribution is -2.45. The van der Waals surface area contributed by atoms with Crippen LogP contribution in [0.3, 0.4) is 0 Å². The number of benzene rings is 1. The van der Waals surface area contributed by atoms with Gasteiger partial charge >= 0.3 is 12.3 Å². The summed E-state index contributed by atoms with van der Waals surface area (Å²) in [6.45, 7) is 0.0148. The summed E-state index contributed by atoms with van der Waals surface area (Å²) < 4.78 is 41.8. The van der Waals surface area contributed by atoms with E-state index >= 15 is 0 Å². The first-order chi connectivity index (χ1) is 15.7. The lowest BCUT2D eigenvalue weighted by atomic mass is 9.90. The van der Waals surface area contributed by atoms with E-state index in [1.54, 1.807) is 6.92 Å². The molecule has 1 unspecified atom stereocenters. The van der Waals surface area contributed by atoms with Gasteiger partial charge in [0.2, 0.25) is 5.60 Å². The fraction of sp³-hybridized carbons (Fsp3) is 0.250. The quantitative estimate of drug-likeness (QED) is 0.185. The summed E-state index contributed by atoms with van der Waals surface area (Å²) in [5.74, 6) is -0.155. The van der Waals surface area contributed by atoms with Gasteiger partial charge in [0, 0.05) is 11.8 Å². The molecule has 0 amide bonds. The number of imidazole rings is 1. The van der Waals surface area contributed by atoms with E-state index in [0.717, 1.165) is 24.4 Å². The van der Waals surface area contributed by atoms with Crippen LogP contribution in [0.25, 0.3) is 16.9 Å². The molecule has 0 saturated heterocycles. The highest BCUT2D eigenvalue weighted by atomic mass is 19.4. The molecule has 0 aliphatic rings. The van der Waals surface area contributed by atoms with Crippen LogP contribution in [-0.4, -0.2) is 64.5 Å². The predicted octanol–water partition coefficient (Wildman–Crippen LogP) is -0.121. The smallest absolute Gasteiger partial charge is 0.405 e. The van der Waals surface area contributed by atoms with E-state index in [0.29, 0.717) is 5.56 Å². The normalized spacial score (nSPS) is 15.3. The highest BCUT2D eigenvalue weighted by Crippen LogP contribution is 2.40. The van der Waals surface area contributed by atoms with Crippen LogP contribution < -0.4 is 11.5 Å². The Balaban J connectivity index is 2.27. The summed E-state index contributed by atoms with van der Waals surface area (Å²) in [6.07, 6.45) is -3.93. The number of aryl methyl sites for hydroxylation is 1. The van der Waals surface area contributed by atoms with Crippen molar-refractivity contribution in [3.05, 3.63) is 59.7 Å². The largest absolute Gasteiger partial charge is 0.423 e. The van der Waals surface area contributed by atoms with Crippen LogP contribution in [0.15, 0.2) is 47.9 Å². The predicted molar refractivity (Wildman–Crippen MR) is 114 cm³/mol. The number of halogens is 3. The molecule has 1 atom stereocenters. The number of aliphatic hydroxyl groups is 5. The third-order valence-electron chi connectivity index (χ3n) is 4.99. The van der Waals surface area contributed by atoms with Gasteiger partial charge in [0.15, 0.2) is 11.5 Å². The molecule has 182 valence electrons. The summed E-state index contributed by atoms with van der Waals surface area (Å²) in [4.78, 5) is 11.5. The minimum absolute atomic E-state index is 0.0940. The van der Waals surface area contributed by atoms with Crippen molar-refractivity contribution in [2.24, 2.45) is 10.7 Å². The SMILES string of the molecule is Cc1ccc(C(O)(CO)C(F)(F)F)cc1-c1cnc2c(N)nc(C(C=CN)=NC(O)(O)O)cn12. The third-order valence-corrected chi connectivity index (χ3v) is 4.99. The Bertz CT molecular complexity index is 1280. The van der Waals surface area contributed by atoms with Crippen molar-refractivity contribution in [2.45, 2.75) is 24.8 Å². The Labute approximate surface area is 189 Å². The molecule has 0 aliphatic heterocycles. The molecule has 0 radical (unpaired) electrons. The number of allylic oxidation sites excluding steroid dienone is 1. The molecule has 0 saturated carbocycles. The fourth-order valence-corrected chi connectivity index (χ4v) is 3.27. The van der Waals surface area contributed by atoms with Gasteiger partial charge in [-0.3, -0.25) is 4.40 Å². The van der Waals surface area contributed by atoms with Crippen molar-refractivity contribution in [1.29, 1.82) is 0 Å². The number of nitrogen functional groups attached to an aromatic ring is 1. The van der Waals surface area contributed by atoms with Crippen LogP contribution in [0.5, 0.6) is 0 Å². The van der Waals surface area contributed by atoms with Gasteiger partial charge in [-0.25, -0.2) is 9.97 Å². The van der Waals surface area contributed by atoms with Crippen molar-refractivity contribution in [3.8, 4) is 11.3 Å². The Morgan fingerprint density at radius 2 is 1.88 bits per heavy atom. The molecule has 14 heteroatoms. The van der Waals surface area contributed by atoms with E-state index < -0.39 is 30.0 Å². The number of nitrogens with zero attached hydrogens (tertiary/aromatic N) is 4. The van der Waals surface area contributed by atoms with Crippen molar-refractivity contribution >= 4 is 17.2 Å². The van der Waals surface area contributed by atoms with Crippen molar-refractivity contribution in [2.75, 3.05) is 12.3 Å². The van der Waals surface area contributed by atoms with Crippen LogP contribution in [0, 0.1) is 6.92 Å². The molecule has 1 aromatic carbocycles. The zero-order valence-electron chi connectivity index (χ0n) is 17.6. The molecule has 2 heterocycles. The van der Waals surface area contributed by atoms with Crippen molar-refractivity contribution < 1.29 is 38.7 Å². The lowest BCUT2D eigenvalue weighted by molar-refractivity contribution is -0.304. The number of aromatic nitrogens is 3. The molecule has 0 fully saturated rings. The lowest BCUT2D eigenvalue weighted by Gasteiger charge is -2.29. The maximum atomic E-state index is 13.5. The van der Waals surface area contributed by atoms with E-state index in [4.69, 9.17) is 11.5 Å². The fourth-order valence-electron chi connectivity index (χ4n) is 3.27. The number of hydrogen-bond acceptors (Lipinski definition) is 10. The minimum Gasteiger partial charge on any atom is -0.405 e. The standard InChI is InChI=1S/C20H21F3N6O5/c1-10-2-3-11(18(31,9-30)19(21,22)23)6-12(10)15-7-26-17-16(25)27-14(8-29(15)17)13(4-5-24)28-20(32,33)34/h2-8,30-34H,9,24H2,1H3,(H2,25,27). The number of nitrogens with two attached hydrogens (primary N) is 2. The zero-order chi connectivity index (χ0) is 25.5. The number of anilines is 1. The van der Waals surface area contributed by atoms with Gasteiger partial charge in [-0.15, -0.1) is 0 Å². The molecule has 3 aromatic rings. The maximum Gasteiger partial charge on any atom is 0.423 e. The highest BCUT2D eigenvalue weighted by molar-refractivity contribution is 6.07. The van der Waals surface area contributed by atoms with Crippen molar-refractivity contribution in [3.63, 3.8) is 0 Å². The number of alkyl halides is 3. The maximum absolute atomic E-state index is 13.5. The van der Waals surface area contributed by atoms with Crippen LogP contribution >= 0.6 is 0 Å². The summed E-state index contributed by atoms with van der Waals surface area (Å²) in [5.41, 5.74) is 7.86. The summed E-state index contributed by atoms with van der Waals surface area (Å²) in [6, 6.07) is 3.45. The first kappa shape index (κ1) is 25.1. The molecule has 3 rings (SSSR count). The van der Waals surface area contributed by atoms with Crippen LogP contribution in [0.2, 0.25) is 0 Å². The summed E-state index contributed by atoms with van der Waals surface area (Å²) >= 11 is 0. The molecule has 2 aromatic heterocycles. The average molecular weight is 482 g/mol. The monoisotopic (exact) mass is 482 g/mol. The Morgan fingerprint density at radius 3 is 2.44 bits per heavy atom. The van der Waals surface area contributed by atoms with E-state index in [-0.39, 0.29) is 34.1 Å². The van der Waals surface area contributed by atoms with Gasteiger partial charge < -0.3 is 37.0 Å². The minimum atomic E-state index is -5.15. The number of hydrogen-bond donors (Lipinski definition) is 7. The second kappa shape index (κ2) is 8.66. The molecule has 0 aliphatic carbocycles. The second-order valence-electron chi connectivity index (χ2n) is 7.35. The molecule has 0 bridgehead atoms. The Hall–Kier alpha value is -3.56. The van der Waals surface area contributed by atoms with Gasteiger partial charge in [0.05, 0.1) is 24.2 Å². The topological polar surface area (TPSA) is 196 Å². The first-order valence-corrected chi connectivity index (χ1v) is 9.52. The van der Waals surface area contributed by atoms with Gasteiger partial charge in [-0.1, -0.05) is 12.1 Å². The molecule has 9 N–H and O–H groups in total. The van der Waals surface area contributed by atoms with Crippen LogP contribution in [-0.2, 0) is 5.60 Å². The molecule has 34 heavy (non-hydrogen) atoms. The van der Waals surface area contributed by atoms with Crippen LogP contribution in [0.1, 0.15) is 16.8 Å². The molecular formula is C20H21F3N6O5. The number of aliphatic imine (C=N–C) groups is 1. The number of rotatable bonds is 6. The average Bonchev–Trinajstić information content (AvgIpc) is 3.16. The molecule has 11 nitrogen and oxygen atoms in total. The van der Waals surface area contributed by atoms with E-state index in [2.05, 4.69) is 15.0 Å². The Kier molecular flexibility index (Phi) is 6.38. The molecule has 0 spiro atoms. The van der Waals surface area contributed by atoms with Gasteiger partial charge in [-0.05, 0) is 36.4 Å². The van der Waals surface area contributed by atoms with E-state index in [9.17, 15) is 38.7 Å². The number of fused-ring (bicyclic) bond motifs is 1. The summed E-state index contributed by atoms with van der Waals surface area (Å²) in [5, 5.41) is 47.1. The number of aliphatic hydroxyl groups excluding tert-OH is 1. The van der Waals surface area contributed by atoms with Crippen molar-refractivity contribution in [1.82, 2.24) is 14.4 Å². The first-order valence-electron chi connectivity index (χ1n) is 9.52. The summed E-state index contributed by atoms with van der Waals surface area (Å²) in [7, 11) is 0. The zero-order valence-corrected chi connectivity index (χ0v) is 17.6. The van der Waals surface area contributed by atoms with Gasteiger partial charge in [0.25, 0.3) is 0 Å². The van der Waals surface area contributed by atoms with Crippen LogP contribution in [0.4, 0.5) is 19.0 Å². The molecular weight excluding hydrogens is 461 g/mol. The third kappa shape index (κ3) is 4.57.